The van der Waals surface area contributed by atoms with E-state index in [0.29, 0.717) is 5.56 Å². The second-order valence-corrected chi connectivity index (χ2v) is 9.14. The number of nitrogens with zero attached hydrogens (tertiary/aromatic N) is 3. The number of halogens is 1. The van der Waals surface area contributed by atoms with E-state index in [0.717, 1.165) is 9.87 Å². The zero-order valence-electron chi connectivity index (χ0n) is 15.8. The molecule has 1 amide bonds. The van der Waals surface area contributed by atoms with Crippen molar-refractivity contribution in [2.45, 2.75) is 31.8 Å². The van der Waals surface area contributed by atoms with E-state index in [2.05, 4.69) is 9.71 Å². The topological polar surface area (TPSA) is 91.3 Å². The maximum atomic E-state index is 12.4. The van der Waals surface area contributed by atoms with Crippen molar-refractivity contribution in [1.82, 2.24) is 14.5 Å². The Morgan fingerprint density at radius 2 is 2.04 bits per heavy atom. The SMILES string of the molecule is CN(C)/C=N/S(=O)(=O)N1C=Cc2ccc(OC(=O)NC(C)(C)C)cc2C1Cl. The van der Waals surface area contributed by atoms with Crippen LogP contribution in [0, 0.1) is 0 Å². The molecule has 8 nitrogen and oxygen atoms in total. The molecular formula is C17H23ClN4O4S. The van der Waals surface area contributed by atoms with Crippen molar-refractivity contribution in [2.75, 3.05) is 14.1 Å². The summed E-state index contributed by atoms with van der Waals surface area (Å²) in [6.07, 6.45) is 3.53. The van der Waals surface area contributed by atoms with Gasteiger partial charge in [0, 0.05) is 31.4 Å². The molecule has 1 unspecified atom stereocenters. The molecule has 2 rings (SSSR count). The Morgan fingerprint density at radius 3 is 2.63 bits per heavy atom. The van der Waals surface area contributed by atoms with Gasteiger partial charge in [-0.3, -0.25) is 0 Å². The summed E-state index contributed by atoms with van der Waals surface area (Å²) < 4.78 is 34.6. The first-order valence-electron chi connectivity index (χ1n) is 8.11. The number of nitrogens with one attached hydrogen (secondary N) is 1. The van der Waals surface area contributed by atoms with Crippen LogP contribution in [0.2, 0.25) is 0 Å². The van der Waals surface area contributed by atoms with Gasteiger partial charge in [0.15, 0.2) is 0 Å². The van der Waals surface area contributed by atoms with Crippen LogP contribution in [0.5, 0.6) is 5.75 Å². The maximum absolute atomic E-state index is 12.4. The third-order valence-corrected chi connectivity index (χ3v) is 5.09. The number of carbonyl (C=O) groups excluding carboxylic acids is 1. The van der Waals surface area contributed by atoms with E-state index >= 15 is 0 Å². The summed E-state index contributed by atoms with van der Waals surface area (Å²) in [5.41, 5.74) is -0.257. The molecule has 0 bridgehead atoms. The van der Waals surface area contributed by atoms with Crippen LogP contribution in [0.15, 0.2) is 28.8 Å². The van der Waals surface area contributed by atoms with Gasteiger partial charge < -0.3 is 15.0 Å². The molecule has 0 saturated carbocycles. The lowest BCUT2D eigenvalue weighted by Gasteiger charge is -2.28. The molecule has 10 heteroatoms. The summed E-state index contributed by atoms with van der Waals surface area (Å²) in [5.74, 6) is 0.255. The Bertz CT molecular complexity index is 875. The highest BCUT2D eigenvalue weighted by Gasteiger charge is 2.30. The van der Waals surface area contributed by atoms with E-state index < -0.39 is 27.3 Å². The van der Waals surface area contributed by atoms with Gasteiger partial charge in [0.2, 0.25) is 0 Å². The van der Waals surface area contributed by atoms with Crippen molar-refractivity contribution in [3.63, 3.8) is 0 Å². The predicted octanol–water partition coefficient (Wildman–Crippen LogP) is 2.93. The van der Waals surface area contributed by atoms with Crippen molar-refractivity contribution >= 4 is 40.3 Å². The number of carbonyl (C=O) groups is 1. The van der Waals surface area contributed by atoms with Crippen LogP contribution in [0.25, 0.3) is 6.08 Å². The molecule has 1 aliphatic heterocycles. The number of amides is 1. The lowest BCUT2D eigenvalue weighted by Crippen LogP contribution is -2.42. The fraction of sp³-hybridized carbons (Fsp3) is 0.412. The van der Waals surface area contributed by atoms with Crippen molar-refractivity contribution in [3.05, 3.63) is 35.5 Å². The van der Waals surface area contributed by atoms with Gasteiger partial charge >= 0.3 is 16.3 Å². The third kappa shape index (κ3) is 5.61. The minimum absolute atomic E-state index is 0.255. The smallest absolute Gasteiger partial charge is 0.410 e. The van der Waals surface area contributed by atoms with E-state index in [1.165, 1.54) is 23.5 Å². The van der Waals surface area contributed by atoms with Gasteiger partial charge in [-0.25, -0.2) is 9.10 Å². The van der Waals surface area contributed by atoms with Crippen LogP contribution in [0.4, 0.5) is 4.79 Å². The Morgan fingerprint density at radius 1 is 1.37 bits per heavy atom. The minimum atomic E-state index is -4.01. The summed E-state index contributed by atoms with van der Waals surface area (Å²) in [6, 6.07) is 4.86. The number of ether oxygens (including phenoxy) is 1. The number of rotatable bonds is 4. The molecule has 0 radical (unpaired) electrons. The maximum Gasteiger partial charge on any atom is 0.413 e. The number of fused-ring (bicyclic) bond motifs is 1. The first kappa shape index (κ1) is 21.0. The average Bonchev–Trinajstić information content (AvgIpc) is 2.52. The first-order chi connectivity index (χ1) is 12.4. The van der Waals surface area contributed by atoms with Gasteiger partial charge in [0.1, 0.15) is 17.6 Å². The van der Waals surface area contributed by atoms with Crippen LogP contribution >= 0.6 is 11.6 Å². The van der Waals surface area contributed by atoms with Crippen LogP contribution < -0.4 is 10.1 Å². The molecule has 0 spiro atoms. The van der Waals surface area contributed by atoms with Gasteiger partial charge in [0.05, 0.1) is 0 Å². The average molecular weight is 415 g/mol. The monoisotopic (exact) mass is 414 g/mol. The van der Waals surface area contributed by atoms with Gasteiger partial charge in [-0.15, -0.1) is 4.40 Å². The molecule has 1 atom stereocenters. The summed E-state index contributed by atoms with van der Waals surface area (Å²) in [5, 5.41) is 2.68. The van der Waals surface area contributed by atoms with Crippen LogP contribution in [0.3, 0.4) is 0 Å². The molecule has 1 N–H and O–H groups in total. The van der Waals surface area contributed by atoms with Crippen LogP contribution in [-0.2, 0) is 10.2 Å². The molecule has 1 heterocycles. The van der Waals surface area contributed by atoms with Crippen molar-refractivity contribution < 1.29 is 17.9 Å². The molecule has 148 valence electrons. The Kier molecular flexibility index (Phi) is 6.06. The van der Waals surface area contributed by atoms with E-state index in [4.69, 9.17) is 16.3 Å². The number of hydrogen-bond acceptors (Lipinski definition) is 4. The molecule has 0 aliphatic carbocycles. The first-order valence-corrected chi connectivity index (χ1v) is 9.94. The summed E-state index contributed by atoms with van der Waals surface area (Å²) in [4.78, 5) is 13.4. The van der Waals surface area contributed by atoms with Crippen LogP contribution in [0.1, 0.15) is 37.4 Å². The van der Waals surface area contributed by atoms with Gasteiger partial charge in [0.25, 0.3) is 0 Å². The second-order valence-electron chi connectivity index (χ2n) is 7.20. The highest BCUT2D eigenvalue weighted by atomic mass is 35.5. The number of alkyl halides is 1. The Labute approximate surface area is 164 Å². The van der Waals surface area contributed by atoms with Gasteiger partial charge in [-0.2, -0.15) is 8.42 Å². The molecule has 27 heavy (non-hydrogen) atoms. The summed E-state index contributed by atoms with van der Waals surface area (Å²) in [6.45, 7) is 5.49. The normalized spacial score (nSPS) is 17.0. The van der Waals surface area contributed by atoms with E-state index in [1.807, 2.05) is 20.8 Å². The minimum Gasteiger partial charge on any atom is -0.410 e. The highest BCUT2D eigenvalue weighted by molar-refractivity contribution is 7.88. The van der Waals surface area contributed by atoms with Crippen LogP contribution in [-0.4, -0.2) is 49.7 Å². The Balaban J connectivity index is 2.26. The van der Waals surface area contributed by atoms with E-state index in [-0.39, 0.29) is 5.75 Å². The molecule has 0 fully saturated rings. The van der Waals surface area contributed by atoms with Crippen molar-refractivity contribution in [1.29, 1.82) is 0 Å². The van der Waals surface area contributed by atoms with Gasteiger partial charge in [-0.05, 0) is 44.5 Å². The lowest BCUT2D eigenvalue weighted by molar-refractivity contribution is 0.190. The fourth-order valence-electron chi connectivity index (χ4n) is 2.18. The molecule has 0 aromatic heterocycles. The lowest BCUT2D eigenvalue weighted by atomic mass is 10.0. The fourth-order valence-corrected chi connectivity index (χ4v) is 3.72. The zero-order valence-corrected chi connectivity index (χ0v) is 17.4. The summed E-state index contributed by atoms with van der Waals surface area (Å²) >= 11 is 6.38. The number of benzene rings is 1. The predicted molar refractivity (Wildman–Crippen MR) is 106 cm³/mol. The van der Waals surface area contributed by atoms with Crippen molar-refractivity contribution in [3.8, 4) is 5.75 Å². The largest absolute Gasteiger partial charge is 0.413 e. The summed E-state index contributed by atoms with van der Waals surface area (Å²) in [7, 11) is -0.693. The van der Waals surface area contributed by atoms with Crippen molar-refractivity contribution in [2.24, 2.45) is 4.40 Å². The number of hydrogen-bond donors (Lipinski definition) is 1. The highest BCUT2D eigenvalue weighted by Crippen LogP contribution is 2.37. The van der Waals surface area contributed by atoms with E-state index in [1.54, 1.807) is 32.3 Å². The molecular weight excluding hydrogens is 392 g/mol. The zero-order chi connectivity index (χ0) is 20.4. The van der Waals surface area contributed by atoms with E-state index in [9.17, 15) is 13.2 Å². The van der Waals surface area contributed by atoms with Gasteiger partial charge in [-0.1, -0.05) is 17.7 Å². The third-order valence-electron chi connectivity index (χ3n) is 3.30. The molecule has 1 aliphatic rings. The Hall–Kier alpha value is -2.26. The standard InChI is InChI=1S/C17H23ClN4O4S/c1-17(2,3)20-16(23)26-13-7-6-12-8-9-22(15(18)14(12)10-13)27(24,25)19-11-21(4)5/h6-11,15H,1-5H3,(H,20,23)/b19-11+. The molecule has 1 aromatic carbocycles. The second kappa shape index (κ2) is 7.77. The molecule has 1 aromatic rings. The quantitative estimate of drug-likeness (QED) is 0.354. The molecule has 0 saturated heterocycles.